The second-order valence-corrected chi connectivity index (χ2v) is 9.95. The van der Waals surface area contributed by atoms with Crippen molar-refractivity contribution in [2.75, 3.05) is 27.3 Å². The van der Waals surface area contributed by atoms with E-state index in [0.717, 1.165) is 30.4 Å². The molecule has 2 aromatic rings. The van der Waals surface area contributed by atoms with Gasteiger partial charge in [0.15, 0.2) is 11.5 Å². The molecule has 0 saturated carbocycles. The number of sulfonamides is 1. The third-order valence-electron chi connectivity index (χ3n) is 5.80. The van der Waals surface area contributed by atoms with Gasteiger partial charge in [0.1, 0.15) is 0 Å². The fraction of sp³-hybridized carbons (Fsp3) is 0.458. The van der Waals surface area contributed by atoms with Crippen LogP contribution in [0.5, 0.6) is 11.5 Å². The molecule has 7 nitrogen and oxygen atoms in total. The highest BCUT2D eigenvalue weighted by molar-refractivity contribution is 7.89. The third kappa shape index (κ3) is 5.81. The number of nitrogens with zero attached hydrogens (tertiary/aromatic N) is 1. The number of ether oxygens (including phenoxy) is 2. The number of benzene rings is 2. The summed E-state index contributed by atoms with van der Waals surface area (Å²) in [5, 5.41) is 3.00. The summed E-state index contributed by atoms with van der Waals surface area (Å²) in [5.74, 6) is 1.18. The molecule has 1 atom stereocenters. The Labute approximate surface area is 190 Å². The normalized spacial score (nSPS) is 15.7. The number of hydrogen-bond acceptors (Lipinski definition) is 5. The first-order valence-electron chi connectivity index (χ1n) is 11.0. The number of carbonyl (C=O) groups excluding carboxylic acids is 1. The maximum Gasteiger partial charge on any atom is 0.243 e. The van der Waals surface area contributed by atoms with Crippen LogP contribution in [0.3, 0.4) is 0 Å². The van der Waals surface area contributed by atoms with E-state index < -0.39 is 10.0 Å². The lowest BCUT2D eigenvalue weighted by atomic mass is 10.1. The molecule has 0 radical (unpaired) electrons. The summed E-state index contributed by atoms with van der Waals surface area (Å²) < 4.78 is 37.6. The molecule has 0 spiro atoms. The molecular formula is C24H32N2O5S. The second-order valence-electron chi connectivity index (χ2n) is 8.01. The van der Waals surface area contributed by atoms with Gasteiger partial charge in [0.05, 0.1) is 25.2 Å². The summed E-state index contributed by atoms with van der Waals surface area (Å²) in [6, 6.07) is 12.3. The van der Waals surface area contributed by atoms with Crippen LogP contribution in [-0.2, 0) is 21.2 Å². The lowest BCUT2D eigenvalue weighted by molar-refractivity contribution is -0.121. The van der Waals surface area contributed by atoms with Crippen LogP contribution in [0, 0.1) is 0 Å². The molecule has 1 saturated heterocycles. The van der Waals surface area contributed by atoms with E-state index in [0.29, 0.717) is 42.3 Å². The van der Waals surface area contributed by atoms with Crippen molar-refractivity contribution in [3.8, 4) is 11.5 Å². The number of aryl methyl sites for hydroxylation is 1. The Kier molecular flexibility index (Phi) is 8.15. The molecule has 2 aromatic carbocycles. The number of methoxy groups -OCH3 is 2. The van der Waals surface area contributed by atoms with E-state index in [4.69, 9.17) is 9.47 Å². The Morgan fingerprint density at radius 2 is 1.66 bits per heavy atom. The van der Waals surface area contributed by atoms with Crippen molar-refractivity contribution in [1.82, 2.24) is 9.62 Å². The number of carbonyl (C=O) groups is 1. The molecular weight excluding hydrogens is 428 g/mol. The summed E-state index contributed by atoms with van der Waals surface area (Å²) >= 11 is 0. The Balaban J connectivity index is 1.54. The number of rotatable bonds is 9. The van der Waals surface area contributed by atoms with Crippen LogP contribution < -0.4 is 14.8 Å². The fourth-order valence-corrected chi connectivity index (χ4v) is 5.38. The smallest absolute Gasteiger partial charge is 0.243 e. The van der Waals surface area contributed by atoms with Gasteiger partial charge in [-0.05, 0) is 61.6 Å². The van der Waals surface area contributed by atoms with E-state index in [1.165, 1.54) is 0 Å². The summed E-state index contributed by atoms with van der Waals surface area (Å²) in [6.07, 6.45) is 3.75. The van der Waals surface area contributed by atoms with Crippen LogP contribution in [0.4, 0.5) is 0 Å². The van der Waals surface area contributed by atoms with Gasteiger partial charge in [-0.25, -0.2) is 8.42 Å². The van der Waals surface area contributed by atoms with Gasteiger partial charge in [-0.3, -0.25) is 4.79 Å². The molecule has 0 aromatic heterocycles. The first-order valence-corrected chi connectivity index (χ1v) is 12.4. The first kappa shape index (κ1) is 24.1. The van der Waals surface area contributed by atoms with Crippen LogP contribution in [-0.4, -0.2) is 45.9 Å². The molecule has 1 fully saturated rings. The predicted molar refractivity (Wildman–Crippen MR) is 123 cm³/mol. The summed E-state index contributed by atoms with van der Waals surface area (Å²) in [5.41, 5.74) is 1.85. The molecule has 0 unspecified atom stereocenters. The summed E-state index contributed by atoms with van der Waals surface area (Å²) in [6.45, 7) is 3.09. The predicted octanol–water partition coefficient (Wildman–Crippen LogP) is 3.69. The summed E-state index contributed by atoms with van der Waals surface area (Å²) in [4.78, 5) is 12.8. The highest BCUT2D eigenvalue weighted by Gasteiger charge is 2.25. The zero-order valence-electron chi connectivity index (χ0n) is 19.0. The lowest BCUT2D eigenvalue weighted by Gasteiger charge is -2.25. The van der Waals surface area contributed by atoms with Gasteiger partial charge in [-0.1, -0.05) is 24.6 Å². The van der Waals surface area contributed by atoms with E-state index in [1.807, 2.05) is 25.1 Å². The van der Waals surface area contributed by atoms with Gasteiger partial charge < -0.3 is 14.8 Å². The Hall–Kier alpha value is -2.58. The van der Waals surface area contributed by atoms with Crippen molar-refractivity contribution < 1.29 is 22.7 Å². The molecule has 8 heteroatoms. The fourth-order valence-electron chi connectivity index (χ4n) is 3.86. The van der Waals surface area contributed by atoms with Crippen molar-refractivity contribution in [1.29, 1.82) is 0 Å². The lowest BCUT2D eigenvalue weighted by Crippen LogP contribution is -2.35. The Morgan fingerprint density at radius 1 is 1.00 bits per heavy atom. The van der Waals surface area contributed by atoms with Gasteiger partial charge in [0, 0.05) is 19.5 Å². The molecule has 3 rings (SSSR count). The van der Waals surface area contributed by atoms with Gasteiger partial charge in [0.25, 0.3) is 0 Å². The zero-order valence-corrected chi connectivity index (χ0v) is 19.8. The van der Waals surface area contributed by atoms with Gasteiger partial charge in [-0.15, -0.1) is 0 Å². The van der Waals surface area contributed by atoms with Crippen LogP contribution in [0.25, 0.3) is 0 Å². The average molecular weight is 461 g/mol. The molecule has 32 heavy (non-hydrogen) atoms. The minimum Gasteiger partial charge on any atom is -0.493 e. The van der Waals surface area contributed by atoms with E-state index in [9.17, 15) is 13.2 Å². The molecule has 174 valence electrons. The standard InChI is InChI=1S/C24H32N2O5S/c1-18(20-10-13-22(30-2)23(17-20)31-3)25-24(27)14-9-19-7-11-21(12-8-19)32(28,29)26-15-5-4-6-16-26/h7-8,10-13,17-18H,4-6,9,14-16H2,1-3H3,(H,25,27)/t18-/m0/s1. The average Bonchev–Trinajstić information content (AvgIpc) is 2.83. The molecule has 0 aliphatic carbocycles. The van der Waals surface area contributed by atoms with E-state index in [-0.39, 0.29) is 11.9 Å². The minimum absolute atomic E-state index is 0.0719. The molecule has 1 heterocycles. The minimum atomic E-state index is -3.43. The van der Waals surface area contributed by atoms with E-state index >= 15 is 0 Å². The molecule has 0 bridgehead atoms. The molecule has 1 aliphatic heterocycles. The number of piperidine rings is 1. The van der Waals surface area contributed by atoms with Crippen LogP contribution in [0.2, 0.25) is 0 Å². The van der Waals surface area contributed by atoms with Crippen LogP contribution in [0.1, 0.15) is 49.8 Å². The van der Waals surface area contributed by atoms with Crippen LogP contribution >= 0.6 is 0 Å². The summed E-state index contributed by atoms with van der Waals surface area (Å²) in [7, 11) is -0.274. The van der Waals surface area contributed by atoms with E-state index in [1.54, 1.807) is 42.8 Å². The van der Waals surface area contributed by atoms with Gasteiger partial charge >= 0.3 is 0 Å². The van der Waals surface area contributed by atoms with Crippen molar-refractivity contribution >= 4 is 15.9 Å². The quantitative estimate of drug-likeness (QED) is 0.617. The van der Waals surface area contributed by atoms with Gasteiger partial charge in [-0.2, -0.15) is 4.31 Å². The largest absolute Gasteiger partial charge is 0.493 e. The topological polar surface area (TPSA) is 84.9 Å². The maximum absolute atomic E-state index is 12.8. The van der Waals surface area contributed by atoms with E-state index in [2.05, 4.69) is 5.32 Å². The maximum atomic E-state index is 12.8. The van der Waals surface area contributed by atoms with Gasteiger partial charge in [0.2, 0.25) is 15.9 Å². The number of nitrogens with one attached hydrogen (secondary N) is 1. The number of amides is 1. The monoisotopic (exact) mass is 460 g/mol. The number of hydrogen-bond donors (Lipinski definition) is 1. The Bertz CT molecular complexity index is 1020. The molecule has 1 N–H and O–H groups in total. The second kappa shape index (κ2) is 10.8. The Morgan fingerprint density at radius 3 is 2.28 bits per heavy atom. The third-order valence-corrected chi connectivity index (χ3v) is 7.71. The first-order chi connectivity index (χ1) is 15.3. The zero-order chi connectivity index (χ0) is 23.1. The molecule has 1 amide bonds. The van der Waals surface area contributed by atoms with Crippen molar-refractivity contribution in [3.05, 3.63) is 53.6 Å². The van der Waals surface area contributed by atoms with Crippen LogP contribution in [0.15, 0.2) is 47.4 Å². The van der Waals surface area contributed by atoms with Crippen molar-refractivity contribution in [2.24, 2.45) is 0 Å². The SMILES string of the molecule is COc1ccc([C@H](C)NC(=O)CCc2ccc(S(=O)(=O)N3CCCCC3)cc2)cc1OC. The van der Waals surface area contributed by atoms with Crippen molar-refractivity contribution in [2.45, 2.75) is 50.0 Å². The highest BCUT2D eigenvalue weighted by atomic mass is 32.2. The van der Waals surface area contributed by atoms with Crippen molar-refractivity contribution in [3.63, 3.8) is 0 Å². The molecule has 1 aliphatic rings. The highest BCUT2D eigenvalue weighted by Crippen LogP contribution is 2.30.